The second-order valence-electron chi connectivity index (χ2n) is 6.47. The molecule has 0 radical (unpaired) electrons. The Morgan fingerprint density at radius 3 is 2.23 bits per heavy atom. The third-order valence-corrected chi connectivity index (χ3v) is 6.48. The smallest absolute Gasteiger partial charge is 0.246 e. The van der Waals surface area contributed by atoms with Gasteiger partial charge in [0.15, 0.2) is 9.84 Å². The van der Waals surface area contributed by atoms with Gasteiger partial charge in [-0.3, -0.25) is 9.69 Å². The lowest BCUT2D eigenvalue weighted by Gasteiger charge is -2.27. The van der Waals surface area contributed by atoms with Crippen LogP contribution in [0.5, 0.6) is 0 Å². The Kier molecular flexibility index (Phi) is 5.74. The number of nitrogens with one attached hydrogen (secondary N) is 1. The first-order valence-electron chi connectivity index (χ1n) is 8.94. The highest BCUT2D eigenvalue weighted by atomic mass is 32.2. The Morgan fingerprint density at radius 1 is 1.04 bits per heavy atom. The van der Waals surface area contributed by atoms with E-state index in [0.717, 1.165) is 31.5 Å². The number of nitrogens with zero attached hydrogens (tertiary/aromatic N) is 1. The number of anilines is 1. The number of carbonyl (C=O) groups is 1. The summed E-state index contributed by atoms with van der Waals surface area (Å²) in [5.41, 5.74) is 1.57. The molecular weight excluding hydrogens is 348 g/mol. The van der Waals surface area contributed by atoms with Crippen LogP contribution in [0.15, 0.2) is 59.5 Å². The topological polar surface area (TPSA) is 66.5 Å². The van der Waals surface area contributed by atoms with E-state index in [4.69, 9.17) is 0 Å². The van der Waals surface area contributed by atoms with Crippen molar-refractivity contribution in [3.05, 3.63) is 60.2 Å². The summed E-state index contributed by atoms with van der Waals surface area (Å²) in [7, 11) is -3.24. The van der Waals surface area contributed by atoms with Crippen molar-refractivity contribution in [2.24, 2.45) is 0 Å². The van der Waals surface area contributed by atoms with Crippen LogP contribution in [0, 0.1) is 0 Å². The first-order valence-corrected chi connectivity index (χ1v) is 10.6. The molecule has 0 aromatic heterocycles. The molecular formula is C20H24N2O3S. The zero-order chi connectivity index (χ0) is 18.6. The van der Waals surface area contributed by atoms with Crippen molar-refractivity contribution in [2.45, 2.75) is 30.7 Å². The van der Waals surface area contributed by atoms with Crippen LogP contribution in [-0.4, -0.2) is 38.1 Å². The maximum Gasteiger partial charge on any atom is 0.246 e. The summed E-state index contributed by atoms with van der Waals surface area (Å²) in [6.07, 6.45) is 2.19. The molecule has 1 heterocycles. The molecule has 1 amide bonds. The third kappa shape index (κ3) is 4.14. The largest absolute Gasteiger partial charge is 0.324 e. The minimum atomic E-state index is -3.24. The summed E-state index contributed by atoms with van der Waals surface area (Å²) in [6.45, 7) is 3.42. The molecule has 0 bridgehead atoms. The van der Waals surface area contributed by atoms with Gasteiger partial charge in [0.2, 0.25) is 5.91 Å². The first-order chi connectivity index (χ1) is 12.5. The number of likely N-dealkylation sites (tertiary alicyclic amines) is 1. The minimum Gasteiger partial charge on any atom is -0.324 e. The SMILES string of the molecule is CCS(=O)(=O)c1ccc(NC(=O)[C@@H](c2ccccc2)N2CCCC2)cc1. The monoisotopic (exact) mass is 372 g/mol. The normalized spacial score (nSPS) is 16.3. The van der Waals surface area contributed by atoms with Crippen LogP contribution in [0.3, 0.4) is 0 Å². The summed E-state index contributed by atoms with van der Waals surface area (Å²) in [5, 5.41) is 2.94. The van der Waals surface area contributed by atoms with E-state index in [2.05, 4.69) is 10.2 Å². The maximum absolute atomic E-state index is 13.0. The Labute approximate surface area is 154 Å². The van der Waals surface area contributed by atoms with E-state index in [1.165, 1.54) is 0 Å². The fourth-order valence-electron chi connectivity index (χ4n) is 3.29. The molecule has 2 aromatic carbocycles. The van der Waals surface area contributed by atoms with Gasteiger partial charge in [0.05, 0.1) is 10.6 Å². The van der Waals surface area contributed by atoms with Gasteiger partial charge >= 0.3 is 0 Å². The van der Waals surface area contributed by atoms with Crippen LogP contribution in [0.1, 0.15) is 31.4 Å². The van der Waals surface area contributed by atoms with Gasteiger partial charge in [-0.05, 0) is 55.8 Å². The van der Waals surface area contributed by atoms with Crippen LogP contribution in [0.2, 0.25) is 0 Å². The lowest BCUT2D eigenvalue weighted by molar-refractivity contribution is -0.121. The molecule has 0 saturated carbocycles. The maximum atomic E-state index is 13.0. The first kappa shape index (κ1) is 18.6. The fourth-order valence-corrected chi connectivity index (χ4v) is 4.17. The second-order valence-corrected chi connectivity index (χ2v) is 8.75. The number of benzene rings is 2. The van der Waals surface area contributed by atoms with E-state index >= 15 is 0 Å². The Bertz CT molecular complexity index is 842. The summed E-state index contributed by atoms with van der Waals surface area (Å²) >= 11 is 0. The fraction of sp³-hybridized carbons (Fsp3) is 0.350. The van der Waals surface area contributed by atoms with Crippen LogP contribution in [-0.2, 0) is 14.6 Å². The predicted octanol–water partition coefficient (Wildman–Crippen LogP) is 3.26. The van der Waals surface area contributed by atoms with Crippen molar-refractivity contribution in [2.75, 3.05) is 24.2 Å². The zero-order valence-corrected chi connectivity index (χ0v) is 15.7. The van der Waals surface area contributed by atoms with Crippen molar-refractivity contribution >= 4 is 21.4 Å². The zero-order valence-electron chi connectivity index (χ0n) is 14.9. The molecule has 26 heavy (non-hydrogen) atoms. The van der Waals surface area contributed by atoms with Crippen LogP contribution in [0.25, 0.3) is 0 Å². The molecule has 1 atom stereocenters. The van der Waals surface area contributed by atoms with Crippen molar-refractivity contribution in [1.82, 2.24) is 4.90 Å². The molecule has 1 saturated heterocycles. The molecule has 5 nitrogen and oxygen atoms in total. The lowest BCUT2D eigenvalue weighted by Crippen LogP contribution is -2.35. The van der Waals surface area contributed by atoms with E-state index in [-0.39, 0.29) is 22.6 Å². The molecule has 3 rings (SSSR count). The standard InChI is InChI=1S/C20H24N2O3S/c1-2-26(24,25)18-12-10-17(11-13-18)21-20(23)19(22-14-6-7-15-22)16-8-4-3-5-9-16/h3-5,8-13,19H,2,6-7,14-15H2,1H3,(H,21,23)/t19-/m1/s1. The number of sulfone groups is 1. The molecule has 1 N–H and O–H groups in total. The Morgan fingerprint density at radius 2 is 1.65 bits per heavy atom. The van der Waals surface area contributed by atoms with E-state index in [0.29, 0.717) is 5.69 Å². The number of hydrogen-bond acceptors (Lipinski definition) is 4. The molecule has 138 valence electrons. The van der Waals surface area contributed by atoms with Crippen molar-refractivity contribution in [3.8, 4) is 0 Å². The van der Waals surface area contributed by atoms with Gasteiger partial charge in [0, 0.05) is 5.69 Å². The number of hydrogen-bond donors (Lipinski definition) is 1. The molecule has 2 aromatic rings. The highest BCUT2D eigenvalue weighted by Crippen LogP contribution is 2.27. The van der Waals surface area contributed by atoms with Gasteiger partial charge in [-0.1, -0.05) is 37.3 Å². The molecule has 6 heteroatoms. The van der Waals surface area contributed by atoms with Gasteiger partial charge in [-0.25, -0.2) is 8.42 Å². The van der Waals surface area contributed by atoms with Gasteiger partial charge in [0.1, 0.15) is 6.04 Å². The quantitative estimate of drug-likeness (QED) is 0.845. The van der Waals surface area contributed by atoms with Crippen LogP contribution < -0.4 is 5.32 Å². The highest BCUT2D eigenvalue weighted by molar-refractivity contribution is 7.91. The summed E-state index contributed by atoms with van der Waals surface area (Å²) in [5.74, 6) is -0.0341. The Balaban J connectivity index is 1.80. The van der Waals surface area contributed by atoms with Gasteiger partial charge in [-0.15, -0.1) is 0 Å². The van der Waals surface area contributed by atoms with Crippen molar-refractivity contribution in [3.63, 3.8) is 0 Å². The van der Waals surface area contributed by atoms with E-state index in [1.54, 1.807) is 31.2 Å². The second kappa shape index (κ2) is 8.01. The molecule has 0 spiro atoms. The van der Waals surface area contributed by atoms with Gasteiger partial charge < -0.3 is 5.32 Å². The number of amides is 1. The average Bonchev–Trinajstić information content (AvgIpc) is 3.17. The van der Waals surface area contributed by atoms with Gasteiger partial charge in [-0.2, -0.15) is 0 Å². The Hall–Kier alpha value is -2.18. The molecule has 1 aliphatic rings. The predicted molar refractivity (Wildman–Crippen MR) is 103 cm³/mol. The van der Waals surface area contributed by atoms with Crippen LogP contribution in [0.4, 0.5) is 5.69 Å². The highest BCUT2D eigenvalue weighted by Gasteiger charge is 2.29. The summed E-state index contributed by atoms with van der Waals surface area (Å²) in [6, 6.07) is 15.8. The summed E-state index contributed by atoms with van der Waals surface area (Å²) < 4.78 is 23.8. The van der Waals surface area contributed by atoms with Gasteiger partial charge in [0.25, 0.3) is 0 Å². The summed E-state index contributed by atoms with van der Waals surface area (Å²) in [4.78, 5) is 15.4. The molecule has 1 fully saturated rings. The lowest BCUT2D eigenvalue weighted by atomic mass is 10.0. The third-order valence-electron chi connectivity index (χ3n) is 4.73. The van der Waals surface area contributed by atoms with E-state index in [1.807, 2.05) is 30.3 Å². The van der Waals surface area contributed by atoms with Crippen molar-refractivity contribution < 1.29 is 13.2 Å². The van der Waals surface area contributed by atoms with Crippen molar-refractivity contribution in [1.29, 1.82) is 0 Å². The van der Waals surface area contributed by atoms with E-state index in [9.17, 15) is 13.2 Å². The number of carbonyl (C=O) groups excluding carboxylic acids is 1. The minimum absolute atomic E-state index is 0.0593. The average molecular weight is 372 g/mol. The van der Waals surface area contributed by atoms with E-state index < -0.39 is 9.84 Å². The molecule has 1 aliphatic heterocycles. The molecule has 0 aliphatic carbocycles. The van der Waals surface area contributed by atoms with Crippen LogP contribution >= 0.6 is 0 Å². The number of rotatable bonds is 6. The molecule has 0 unspecified atom stereocenters.